The summed E-state index contributed by atoms with van der Waals surface area (Å²) in [5.74, 6) is 1.06. The van der Waals surface area contributed by atoms with Crippen LogP contribution in [-0.2, 0) is 17.6 Å². The van der Waals surface area contributed by atoms with E-state index < -0.39 is 0 Å². The van der Waals surface area contributed by atoms with Crippen LogP contribution in [0.2, 0.25) is 0 Å². The average Bonchev–Trinajstić information content (AvgIpc) is 2.95. The molecule has 1 aromatic heterocycles. The van der Waals surface area contributed by atoms with Crippen molar-refractivity contribution in [3.8, 4) is 11.8 Å². The number of nitrogens with one attached hydrogen (secondary N) is 1. The van der Waals surface area contributed by atoms with Gasteiger partial charge in [-0.3, -0.25) is 4.79 Å². The molecule has 0 saturated carbocycles. The van der Waals surface area contributed by atoms with Gasteiger partial charge in [0.05, 0.1) is 12.7 Å². The molecule has 0 aliphatic heterocycles. The van der Waals surface area contributed by atoms with Gasteiger partial charge in [-0.05, 0) is 55.0 Å². The van der Waals surface area contributed by atoms with Gasteiger partial charge in [0.15, 0.2) is 0 Å². The molecule has 1 aliphatic carbocycles. The first-order chi connectivity index (χ1) is 12.5. The van der Waals surface area contributed by atoms with Crippen LogP contribution in [0.25, 0.3) is 6.08 Å². The number of nitriles is 1. The highest BCUT2D eigenvalue weighted by atomic mass is 79.9. The zero-order chi connectivity index (χ0) is 18.7. The van der Waals surface area contributed by atoms with Crippen molar-refractivity contribution < 1.29 is 9.53 Å². The number of fused-ring (bicyclic) bond motifs is 1. The first-order valence-corrected chi connectivity index (χ1v) is 10.00. The Kier molecular flexibility index (Phi) is 5.80. The molecule has 0 unspecified atom stereocenters. The Morgan fingerprint density at radius 2 is 2.31 bits per heavy atom. The average molecular weight is 431 g/mol. The molecular formula is C20H19BrN2O2S. The molecule has 1 amide bonds. The van der Waals surface area contributed by atoms with Gasteiger partial charge < -0.3 is 10.1 Å². The van der Waals surface area contributed by atoms with Crippen LogP contribution >= 0.6 is 27.3 Å². The number of ether oxygens (including phenoxy) is 1. The van der Waals surface area contributed by atoms with E-state index in [0.29, 0.717) is 22.2 Å². The van der Waals surface area contributed by atoms with E-state index in [-0.39, 0.29) is 5.91 Å². The molecule has 134 valence electrons. The fourth-order valence-electron chi connectivity index (χ4n) is 3.11. The Morgan fingerprint density at radius 3 is 3.04 bits per heavy atom. The maximum absolute atomic E-state index is 12.4. The van der Waals surface area contributed by atoms with Crippen LogP contribution in [0.4, 0.5) is 5.00 Å². The Hall–Kier alpha value is -2.10. The number of carbonyl (C=O) groups is 1. The highest BCUT2D eigenvalue weighted by Crippen LogP contribution is 2.39. The van der Waals surface area contributed by atoms with Crippen molar-refractivity contribution in [1.29, 1.82) is 5.26 Å². The molecule has 0 spiro atoms. The maximum Gasteiger partial charge on any atom is 0.249 e. The zero-order valence-electron chi connectivity index (χ0n) is 14.6. The molecule has 1 aromatic carbocycles. The molecule has 1 N–H and O–H groups in total. The topological polar surface area (TPSA) is 62.1 Å². The van der Waals surface area contributed by atoms with Crippen LogP contribution in [0.1, 0.15) is 34.9 Å². The van der Waals surface area contributed by atoms with Crippen molar-refractivity contribution in [2.45, 2.75) is 26.2 Å². The van der Waals surface area contributed by atoms with Crippen LogP contribution in [-0.4, -0.2) is 13.0 Å². The maximum atomic E-state index is 12.4. The van der Waals surface area contributed by atoms with E-state index in [1.54, 1.807) is 13.2 Å². The summed E-state index contributed by atoms with van der Waals surface area (Å²) in [7, 11) is 1.59. The number of benzene rings is 1. The van der Waals surface area contributed by atoms with Crippen LogP contribution in [0.15, 0.2) is 28.7 Å². The largest absolute Gasteiger partial charge is 0.496 e. The quantitative estimate of drug-likeness (QED) is 0.680. The first-order valence-electron chi connectivity index (χ1n) is 8.39. The number of anilines is 1. The normalized spacial score (nSPS) is 16.2. The molecule has 1 aliphatic rings. The molecular weight excluding hydrogens is 412 g/mol. The highest BCUT2D eigenvalue weighted by molar-refractivity contribution is 9.10. The lowest BCUT2D eigenvalue weighted by Gasteiger charge is -2.17. The monoisotopic (exact) mass is 430 g/mol. The predicted octanol–water partition coefficient (Wildman–Crippen LogP) is 5.17. The number of rotatable bonds is 4. The summed E-state index contributed by atoms with van der Waals surface area (Å²) in [6.45, 7) is 2.22. The molecule has 4 nitrogen and oxygen atoms in total. The molecule has 2 aromatic rings. The van der Waals surface area contributed by atoms with Gasteiger partial charge in [-0.1, -0.05) is 22.9 Å². The number of nitrogens with zero attached hydrogens (tertiary/aromatic N) is 1. The van der Waals surface area contributed by atoms with Crippen LogP contribution in [0.5, 0.6) is 5.75 Å². The molecule has 0 fully saturated rings. The summed E-state index contributed by atoms with van der Waals surface area (Å²) in [6, 6.07) is 7.87. The van der Waals surface area contributed by atoms with Crippen molar-refractivity contribution in [1.82, 2.24) is 0 Å². The number of amides is 1. The van der Waals surface area contributed by atoms with Gasteiger partial charge in [0.2, 0.25) is 5.91 Å². The van der Waals surface area contributed by atoms with Crippen molar-refractivity contribution >= 4 is 44.3 Å². The Bertz CT molecular complexity index is 911. The molecule has 1 atom stereocenters. The lowest BCUT2D eigenvalue weighted by atomic mass is 9.89. The smallest absolute Gasteiger partial charge is 0.249 e. The summed E-state index contributed by atoms with van der Waals surface area (Å²) >= 11 is 4.95. The zero-order valence-corrected chi connectivity index (χ0v) is 17.0. The van der Waals surface area contributed by atoms with Gasteiger partial charge in [-0.15, -0.1) is 11.3 Å². The molecule has 0 saturated heterocycles. The van der Waals surface area contributed by atoms with Crippen LogP contribution in [0.3, 0.4) is 0 Å². The predicted molar refractivity (Wildman–Crippen MR) is 109 cm³/mol. The molecule has 0 bridgehead atoms. The van der Waals surface area contributed by atoms with Crippen molar-refractivity contribution in [2.75, 3.05) is 12.4 Å². The van der Waals surface area contributed by atoms with Crippen molar-refractivity contribution in [3.05, 3.63) is 50.3 Å². The van der Waals surface area contributed by atoms with E-state index >= 15 is 0 Å². The van der Waals surface area contributed by atoms with Crippen molar-refractivity contribution in [3.63, 3.8) is 0 Å². The van der Waals surface area contributed by atoms with Crippen LogP contribution < -0.4 is 10.1 Å². The van der Waals surface area contributed by atoms with Gasteiger partial charge in [0.25, 0.3) is 0 Å². The minimum absolute atomic E-state index is 0.254. The Morgan fingerprint density at radius 1 is 1.50 bits per heavy atom. The van der Waals surface area contributed by atoms with Gasteiger partial charge in [-0.25, -0.2) is 0 Å². The van der Waals surface area contributed by atoms with Crippen molar-refractivity contribution in [2.24, 2.45) is 5.92 Å². The van der Waals surface area contributed by atoms with E-state index in [0.717, 1.165) is 34.9 Å². The third-order valence-corrected chi connectivity index (χ3v) is 6.13. The summed E-state index contributed by atoms with van der Waals surface area (Å²) in [4.78, 5) is 13.6. The molecule has 26 heavy (non-hydrogen) atoms. The highest BCUT2D eigenvalue weighted by Gasteiger charge is 2.24. The molecule has 1 heterocycles. The van der Waals surface area contributed by atoms with Gasteiger partial charge in [0, 0.05) is 21.0 Å². The Labute approximate surface area is 165 Å². The minimum Gasteiger partial charge on any atom is -0.496 e. The second-order valence-electron chi connectivity index (χ2n) is 6.38. The second kappa shape index (κ2) is 8.07. The SMILES string of the molecule is COc1ccc(Br)cc1/C=C/C(=O)Nc1sc2c(c1C#N)CC[C@@H](C)C2. The minimum atomic E-state index is -0.254. The number of hydrogen-bond donors (Lipinski definition) is 1. The van der Waals surface area contributed by atoms with E-state index in [2.05, 4.69) is 34.2 Å². The van der Waals surface area contributed by atoms with E-state index in [4.69, 9.17) is 4.74 Å². The standard InChI is InChI=1S/C20H19BrN2O2S/c1-12-3-6-15-16(11-22)20(26-18(15)9-12)23-19(24)8-4-13-10-14(21)5-7-17(13)25-2/h4-5,7-8,10,12H,3,6,9H2,1-2H3,(H,23,24)/b8-4+/t12-/m1/s1. The summed E-state index contributed by atoms with van der Waals surface area (Å²) in [6.07, 6.45) is 6.16. The summed E-state index contributed by atoms with van der Waals surface area (Å²) in [5, 5.41) is 13.0. The Balaban J connectivity index is 1.79. The summed E-state index contributed by atoms with van der Waals surface area (Å²) < 4.78 is 6.22. The first kappa shape index (κ1) is 18.7. The van der Waals surface area contributed by atoms with Gasteiger partial charge >= 0.3 is 0 Å². The van der Waals surface area contributed by atoms with E-state index in [1.807, 2.05) is 18.2 Å². The van der Waals surface area contributed by atoms with E-state index in [1.165, 1.54) is 22.3 Å². The number of halogens is 1. The molecule has 0 radical (unpaired) electrons. The lowest BCUT2D eigenvalue weighted by Crippen LogP contribution is -2.10. The number of carbonyl (C=O) groups excluding carboxylic acids is 1. The molecule has 3 rings (SSSR count). The third kappa shape index (κ3) is 4.00. The number of hydrogen-bond acceptors (Lipinski definition) is 4. The number of methoxy groups -OCH3 is 1. The fourth-order valence-corrected chi connectivity index (χ4v) is 4.85. The molecule has 6 heteroatoms. The van der Waals surface area contributed by atoms with Gasteiger partial charge in [0.1, 0.15) is 16.8 Å². The third-order valence-electron chi connectivity index (χ3n) is 4.47. The van der Waals surface area contributed by atoms with E-state index in [9.17, 15) is 10.1 Å². The van der Waals surface area contributed by atoms with Crippen LogP contribution in [0, 0.1) is 17.2 Å². The lowest BCUT2D eigenvalue weighted by molar-refractivity contribution is -0.111. The fraction of sp³-hybridized carbons (Fsp3) is 0.300. The second-order valence-corrected chi connectivity index (χ2v) is 8.40. The number of thiophene rings is 1. The van der Waals surface area contributed by atoms with Gasteiger partial charge in [-0.2, -0.15) is 5.26 Å². The summed E-state index contributed by atoms with van der Waals surface area (Å²) in [5.41, 5.74) is 2.54.